The monoisotopic (exact) mass is 290 g/mol. The van der Waals surface area contributed by atoms with Gasteiger partial charge in [-0.3, -0.25) is 0 Å². The van der Waals surface area contributed by atoms with Crippen molar-refractivity contribution in [3.63, 3.8) is 0 Å². The van der Waals surface area contributed by atoms with Crippen LogP contribution in [0, 0.1) is 0 Å². The van der Waals surface area contributed by atoms with Crippen LogP contribution in [0.5, 0.6) is 0 Å². The second kappa shape index (κ2) is 5.37. The fraction of sp³-hybridized carbons (Fsp3) is 0.400. The molecule has 1 aliphatic rings. The molecule has 3 rings (SSSR count). The van der Waals surface area contributed by atoms with E-state index in [0.717, 1.165) is 24.2 Å². The van der Waals surface area contributed by atoms with Gasteiger partial charge in [0.2, 0.25) is 0 Å². The molecule has 0 amide bonds. The van der Waals surface area contributed by atoms with E-state index in [1.54, 1.807) is 0 Å². The summed E-state index contributed by atoms with van der Waals surface area (Å²) < 4.78 is 1.54. The Balaban J connectivity index is 2.03. The Morgan fingerprint density at radius 3 is 2.55 bits per heavy atom. The molecule has 1 aliphatic carbocycles. The highest BCUT2D eigenvalue weighted by atomic mass is 35.5. The predicted molar refractivity (Wildman–Crippen MR) is 83.1 cm³/mol. The molecule has 4 N–H and O–H groups in total. The van der Waals surface area contributed by atoms with Crippen LogP contribution in [0.25, 0.3) is 11.3 Å². The third kappa shape index (κ3) is 2.24. The molecule has 5 heteroatoms. The molecule has 0 aliphatic heterocycles. The maximum Gasteiger partial charge on any atom is 0.150 e. The SMILES string of the molecule is Nc1c(-c2ccccc2Cl)nc(C2CCCCC2)n1N. The highest BCUT2D eigenvalue weighted by Gasteiger charge is 2.24. The van der Waals surface area contributed by atoms with E-state index in [2.05, 4.69) is 0 Å². The lowest BCUT2D eigenvalue weighted by Crippen LogP contribution is -2.19. The number of imidazole rings is 1. The molecule has 1 heterocycles. The third-order valence-corrected chi connectivity index (χ3v) is 4.40. The first-order valence-corrected chi connectivity index (χ1v) is 7.44. The van der Waals surface area contributed by atoms with Crippen LogP contribution < -0.4 is 11.6 Å². The molecule has 2 aromatic rings. The highest BCUT2D eigenvalue weighted by molar-refractivity contribution is 6.33. The Labute approximate surface area is 123 Å². The van der Waals surface area contributed by atoms with Crippen molar-refractivity contribution in [2.75, 3.05) is 11.6 Å². The van der Waals surface area contributed by atoms with E-state index in [4.69, 9.17) is 28.2 Å². The summed E-state index contributed by atoms with van der Waals surface area (Å²) in [4.78, 5) is 4.69. The molecule has 20 heavy (non-hydrogen) atoms. The maximum atomic E-state index is 6.23. The van der Waals surface area contributed by atoms with Gasteiger partial charge in [0.15, 0.2) is 5.82 Å². The van der Waals surface area contributed by atoms with Gasteiger partial charge >= 0.3 is 0 Å². The number of benzene rings is 1. The quantitative estimate of drug-likeness (QED) is 0.831. The van der Waals surface area contributed by atoms with Crippen LogP contribution in [0.1, 0.15) is 43.8 Å². The van der Waals surface area contributed by atoms with E-state index in [1.807, 2.05) is 24.3 Å². The Hall–Kier alpha value is -1.68. The van der Waals surface area contributed by atoms with Gasteiger partial charge in [0.1, 0.15) is 11.5 Å². The van der Waals surface area contributed by atoms with Crippen LogP contribution in [-0.4, -0.2) is 9.66 Å². The van der Waals surface area contributed by atoms with Crippen molar-refractivity contribution in [2.45, 2.75) is 38.0 Å². The minimum atomic E-state index is 0.410. The van der Waals surface area contributed by atoms with E-state index in [1.165, 1.54) is 23.9 Å². The van der Waals surface area contributed by atoms with Crippen molar-refractivity contribution < 1.29 is 0 Å². The Kier molecular flexibility index (Phi) is 3.57. The van der Waals surface area contributed by atoms with Gasteiger partial charge in [-0.1, -0.05) is 49.1 Å². The van der Waals surface area contributed by atoms with E-state index in [9.17, 15) is 0 Å². The third-order valence-electron chi connectivity index (χ3n) is 4.07. The first kappa shape index (κ1) is 13.3. The van der Waals surface area contributed by atoms with Gasteiger partial charge in [-0.15, -0.1) is 0 Å². The van der Waals surface area contributed by atoms with E-state index in [0.29, 0.717) is 22.5 Å². The minimum Gasteiger partial charge on any atom is -0.382 e. The molecule has 4 nitrogen and oxygen atoms in total. The standard InChI is InChI=1S/C15H19ClN4/c16-12-9-5-4-8-11(12)13-14(17)20(18)15(19-13)10-6-2-1-3-7-10/h4-5,8-10H,1-3,6-7,17-18H2. The maximum absolute atomic E-state index is 6.23. The Morgan fingerprint density at radius 1 is 1.15 bits per heavy atom. The van der Waals surface area contributed by atoms with Crippen molar-refractivity contribution in [3.05, 3.63) is 35.1 Å². The summed E-state index contributed by atoms with van der Waals surface area (Å²) in [5, 5.41) is 0.646. The molecular formula is C15H19ClN4. The number of hydrogen-bond acceptors (Lipinski definition) is 3. The molecule has 1 saturated carbocycles. The summed E-state index contributed by atoms with van der Waals surface area (Å²) in [6.07, 6.45) is 6.04. The normalized spacial score (nSPS) is 16.4. The number of hydrogen-bond donors (Lipinski definition) is 2. The molecule has 0 spiro atoms. The molecule has 1 fully saturated rings. The van der Waals surface area contributed by atoms with Crippen molar-refractivity contribution in [1.29, 1.82) is 0 Å². The molecule has 0 unspecified atom stereocenters. The topological polar surface area (TPSA) is 69.9 Å². The molecular weight excluding hydrogens is 272 g/mol. The fourth-order valence-corrected chi connectivity index (χ4v) is 3.19. The molecule has 0 radical (unpaired) electrons. The Morgan fingerprint density at radius 2 is 1.85 bits per heavy atom. The summed E-state index contributed by atoms with van der Waals surface area (Å²) in [7, 11) is 0. The zero-order valence-electron chi connectivity index (χ0n) is 11.3. The van der Waals surface area contributed by atoms with E-state index in [-0.39, 0.29) is 0 Å². The second-order valence-electron chi connectivity index (χ2n) is 5.39. The first-order valence-electron chi connectivity index (χ1n) is 7.06. The van der Waals surface area contributed by atoms with Gasteiger partial charge in [0.05, 0.1) is 5.02 Å². The van der Waals surface area contributed by atoms with Gasteiger partial charge in [0.25, 0.3) is 0 Å². The van der Waals surface area contributed by atoms with E-state index >= 15 is 0 Å². The van der Waals surface area contributed by atoms with Gasteiger partial charge in [-0.05, 0) is 18.9 Å². The van der Waals surface area contributed by atoms with Crippen molar-refractivity contribution in [2.24, 2.45) is 0 Å². The number of halogens is 1. The first-order chi connectivity index (χ1) is 9.68. The summed E-state index contributed by atoms with van der Waals surface area (Å²) in [6.45, 7) is 0. The summed E-state index contributed by atoms with van der Waals surface area (Å²) >= 11 is 6.23. The minimum absolute atomic E-state index is 0.410. The van der Waals surface area contributed by atoms with E-state index < -0.39 is 0 Å². The molecule has 0 atom stereocenters. The largest absolute Gasteiger partial charge is 0.382 e. The van der Waals surface area contributed by atoms with Gasteiger partial charge in [0, 0.05) is 11.5 Å². The van der Waals surface area contributed by atoms with Gasteiger partial charge < -0.3 is 11.6 Å². The lowest BCUT2D eigenvalue weighted by Gasteiger charge is -2.20. The van der Waals surface area contributed by atoms with Crippen molar-refractivity contribution in [1.82, 2.24) is 9.66 Å². The molecule has 1 aromatic heterocycles. The summed E-state index contributed by atoms with van der Waals surface area (Å²) in [5.41, 5.74) is 7.66. The van der Waals surface area contributed by atoms with Gasteiger partial charge in [-0.25, -0.2) is 9.66 Å². The highest BCUT2D eigenvalue weighted by Crippen LogP contribution is 2.36. The average Bonchev–Trinajstić information content (AvgIpc) is 2.77. The number of rotatable bonds is 2. The number of nitrogen functional groups attached to an aromatic ring is 2. The van der Waals surface area contributed by atoms with Crippen LogP contribution in [0.3, 0.4) is 0 Å². The zero-order valence-corrected chi connectivity index (χ0v) is 12.1. The van der Waals surface area contributed by atoms with Crippen LogP contribution in [0.15, 0.2) is 24.3 Å². The lowest BCUT2D eigenvalue weighted by atomic mass is 9.89. The Bertz CT molecular complexity index is 614. The predicted octanol–water partition coefficient (Wildman–Crippen LogP) is 3.55. The number of nitrogens with zero attached hydrogens (tertiary/aromatic N) is 2. The number of aromatic nitrogens is 2. The van der Waals surface area contributed by atoms with Crippen LogP contribution in [-0.2, 0) is 0 Å². The van der Waals surface area contributed by atoms with Crippen LogP contribution >= 0.6 is 11.6 Å². The molecule has 0 bridgehead atoms. The van der Waals surface area contributed by atoms with Crippen molar-refractivity contribution >= 4 is 17.4 Å². The lowest BCUT2D eigenvalue weighted by molar-refractivity contribution is 0.424. The summed E-state index contributed by atoms with van der Waals surface area (Å²) in [6, 6.07) is 7.58. The van der Waals surface area contributed by atoms with Crippen molar-refractivity contribution in [3.8, 4) is 11.3 Å². The van der Waals surface area contributed by atoms with Crippen LogP contribution in [0.4, 0.5) is 5.82 Å². The van der Waals surface area contributed by atoms with Crippen LogP contribution in [0.2, 0.25) is 5.02 Å². The van der Waals surface area contributed by atoms with Gasteiger partial charge in [-0.2, -0.15) is 0 Å². The fourth-order valence-electron chi connectivity index (χ4n) is 2.96. The summed E-state index contributed by atoms with van der Waals surface area (Å²) in [5.74, 6) is 7.89. The zero-order chi connectivity index (χ0) is 14.1. The molecule has 106 valence electrons. The number of nitrogens with two attached hydrogens (primary N) is 2. The molecule has 1 aromatic carbocycles. The second-order valence-corrected chi connectivity index (χ2v) is 5.80. The smallest absolute Gasteiger partial charge is 0.150 e. The molecule has 0 saturated heterocycles. The average molecular weight is 291 g/mol. The number of anilines is 1.